The van der Waals surface area contributed by atoms with E-state index < -0.39 is 5.54 Å². The van der Waals surface area contributed by atoms with E-state index in [2.05, 4.69) is 37.8 Å². The molecular formula is C22H31N9O. The predicted octanol–water partition coefficient (Wildman–Crippen LogP) is 1.33. The maximum absolute atomic E-state index is 13.2. The van der Waals surface area contributed by atoms with Gasteiger partial charge in [-0.15, -0.1) is 11.0 Å². The maximum atomic E-state index is 13.2. The van der Waals surface area contributed by atoms with Crippen LogP contribution < -0.4 is 21.3 Å². The summed E-state index contributed by atoms with van der Waals surface area (Å²) in [7, 11) is 5.49. The predicted molar refractivity (Wildman–Crippen MR) is 126 cm³/mol. The minimum Gasteiger partial charge on any atom is -0.371 e. The van der Waals surface area contributed by atoms with Gasteiger partial charge in [-0.3, -0.25) is 9.36 Å². The van der Waals surface area contributed by atoms with Crippen LogP contribution in [0.1, 0.15) is 36.8 Å². The van der Waals surface area contributed by atoms with E-state index in [1.54, 1.807) is 18.7 Å². The minimum atomic E-state index is -0.427. The van der Waals surface area contributed by atoms with Crippen LogP contribution >= 0.6 is 0 Å². The molecule has 0 atom stereocenters. The molecule has 10 nitrogen and oxygen atoms in total. The number of anilines is 2. The molecule has 0 aliphatic heterocycles. The number of benzene rings is 1. The molecule has 32 heavy (non-hydrogen) atoms. The van der Waals surface area contributed by atoms with Gasteiger partial charge >= 0.3 is 0 Å². The Morgan fingerprint density at radius 1 is 1.34 bits per heavy atom. The van der Waals surface area contributed by atoms with Crippen LogP contribution in [0.5, 0.6) is 0 Å². The van der Waals surface area contributed by atoms with Crippen molar-refractivity contribution in [1.82, 2.24) is 29.9 Å². The molecule has 0 aliphatic rings. The third-order valence-electron chi connectivity index (χ3n) is 4.93. The Balaban J connectivity index is 1.89. The van der Waals surface area contributed by atoms with Gasteiger partial charge in [0.2, 0.25) is 5.95 Å². The molecule has 0 saturated carbocycles. The third kappa shape index (κ3) is 5.00. The first-order valence-electron chi connectivity index (χ1n) is 10.4. The summed E-state index contributed by atoms with van der Waals surface area (Å²) in [4.78, 5) is 19.8. The lowest BCUT2D eigenvalue weighted by Crippen LogP contribution is -2.44. The first-order valence-corrected chi connectivity index (χ1v) is 10.4. The van der Waals surface area contributed by atoms with Crippen LogP contribution in [-0.4, -0.2) is 56.6 Å². The number of nitrogens with zero attached hydrogens (tertiary/aromatic N) is 6. The van der Waals surface area contributed by atoms with Crippen molar-refractivity contribution in [1.29, 1.82) is 0 Å². The number of carbonyl (C=O) groups excluding carboxylic acids is 1. The molecule has 2 aromatic heterocycles. The molecule has 3 aromatic rings. The molecule has 4 N–H and O–H groups in total. The van der Waals surface area contributed by atoms with Gasteiger partial charge in [0.1, 0.15) is 5.52 Å². The second kappa shape index (κ2) is 9.28. The summed E-state index contributed by atoms with van der Waals surface area (Å²) in [6.07, 6.45) is 0. The van der Waals surface area contributed by atoms with Gasteiger partial charge in [0, 0.05) is 39.8 Å². The molecular weight excluding hydrogens is 406 g/mol. The number of amides is 1. The number of hydrogen-bond acceptors (Lipinski definition) is 7. The second-order valence-corrected chi connectivity index (χ2v) is 8.44. The Morgan fingerprint density at radius 3 is 2.75 bits per heavy atom. The number of likely N-dealkylation sites (N-methyl/N-ethyl adjacent to an activating group) is 1. The summed E-state index contributed by atoms with van der Waals surface area (Å²) in [5.41, 5.74) is 8.85. The SMILES string of the molecule is CC#CCn1c(N(C)CC(C)(C)N)nc(NC)c1C(=O)NCc1ccc2c(c1)nnn2C. The highest BCUT2D eigenvalue weighted by atomic mass is 16.2. The molecule has 1 amide bonds. The molecule has 0 spiro atoms. The third-order valence-corrected chi connectivity index (χ3v) is 4.93. The minimum absolute atomic E-state index is 0.245. The molecule has 1 aromatic carbocycles. The zero-order valence-electron chi connectivity index (χ0n) is 19.5. The maximum Gasteiger partial charge on any atom is 0.272 e. The molecule has 0 aliphatic carbocycles. The van der Waals surface area contributed by atoms with Crippen molar-refractivity contribution in [2.75, 3.05) is 30.9 Å². The van der Waals surface area contributed by atoms with E-state index in [9.17, 15) is 4.79 Å². The number of rotatable bonds is 8. The van der Waals surface area contributed by atoms with Crippen molar-refractivity contribution in [3.63, 3.8) is 0 Å². The van der Waals surface area contributed by atoms with Crippen LogP contribution in [0.15, 0.2) is 18.2 Å². The number of carbonyl (C=O) groups is 1. The van der Waals surface area contributed by atoms with Crippen LogP contribution in [0.2, 0.25) is 0 Å². The Hall–Kier alpha value is -3.58. The van der Waals surface area contributed by atoms with Crippen molar-refractivity contribution in [3.8, 4) is 11.8 Å². The number of imidazole rings is 1. The Kier molecular flexibility index (Phi) is 6.69. The van der Waals surface area contributed by atoms with Gasteiger partial charge in [-0.25, -0.2) is 4.68 Å². The fraction of sp³-hybridized carbons (Fsp3) is 0.455. The van der Waals surface area contributed by atoms with E-state index in [-0.39, 0.29) is 5.91 Å². The second-order valence-electron chi connectivity index (χ2n) is 8.44. The number of aryl methyl sites for hydroxylation is 1. The van der Waals surface area contributed by atoms with Crippen molar-refractivity contribution >= 4 is 28.7 Å². The summed E-state index contributed by atoms with van der Waals surface area (Å²) in [5.74, 6) is 6.80. The van der Waals surface area contributed by atoms with E-state index in [1.807, 2.05) is 55.6 Å². The van der Waals surface area contributed by atoms with Gasteiger partial charge < -0.3 is 21.3 Å². The number of nitrogens with one attached hydrogen (secondary N) is 2. The van der Waals surface area contributed by atoms with E-state index >= 15 is 0 Å². The zero-order valence-corrected chi connectivity index (χ0v) is 19.5. The van der Waals surface area contributed by atoms with Crippen LogP contribution in [0.25, 0.3) is 11.0 Å². The highest BCUT2D eigenvalue weighted by Crippen LogP contribution is 2.24. The van der Waals surface area contributed by atoms with E-state index in [0.717, 1.165) is 16.6 Å². The number of hydrogen-bond donors (Lipinski definition) is 3. The molecule has 0 fully saturated rings. The number of fused-ring (bicyclic) bond motifs is 1. The lowest BCUT2D eigenvalue weighted by atomic mass is 10.1. The smallest absolute Gasteiger partial charge is 0.272 e. The fourth-order valence-electron chi connectivity index (χ4n) is 3.59. The molecule has 0 saturated heterocycles. The van der Waals surface area contributed by atoms with Gasteiger partial charge in [-0.05, 0) is 38.5 Å². The van der Waals surface area contributed by atoms with Crippen molar-refractivity contribution in [2.24, 2.45) is 12.8 Å². The molecule has 170 valence electrons. The molecule has 3 rings (SSSR count). The summed E-state index contributed by atoms with van der Waals surface area (Å²) in [6.45, 7) is 6.91. The molecule has 0 radical (unpaired) electrons. The van der Waals surface area contributed by atoms with Crippen molar-refractivity contribution in [3.05, 3.63) is 29.5 Å². The standard InChI is InChI=1S/C22H31N9O/c1-7-8-11-31-18(19(24-4)26-21(31)29(5)14-22(2,3)23)20(32)25-13-15-9-10-17-16(12-15)27-28-30(17)6/h9-10,12,24H,11,13-14,23H2,1-6H3,(H,25,32). The summed E-state index contributed by atoms with van der Waals surface area (Å²) in [6, 6.07) is 5.82. The van der Waals surface area contributed by atoms with Crippen LogP contribution in [0, 0.1) is 11.8 Å². The van der Waals surface area contributed by atoms with E-state index in [4.69, 9.17) is 5.73 Å². The summed E-state index contributed by atoms with van der Waals surface area (Å²) in [5, 5.41) is 14.2. The van der Waals surface area contributed by atoms with Crippen LogP contribution in [0.3, 0.4) is 0 Å². The van der Waals surface area contributed by atoms with Gasteiger partial charge in [0.25, 0.3) is 5.91 Å². The Labute approximate surface area is 188 Å². The lowest BCUT2D eigenvalue weighted by molar-refractivity contribution is 0.0943. The van der Waals surface area contributed by atoms with E-state index in [1.165, 1.54) is 0 Å². The first-order chi connectivity index (χ1) is 15.1. The molecule has 0 bridgehead atoms. The van der Waals surface area contributed by atoms with Crippen molar-refractivity contribution in [2.45, 2.75) is 39.4 Å². The summed E-state index contributed by atoms with van der Waals surface area (Å²) >= 11 is 0. The summed E-state index contributed by atoms with van der Waals surface area (Å²) < 4.78 is 3.53. The Bertz CT molecular complexity index is 1170. The molecule has 2 heterocycles. The monoisotopic (exact) mass is 437 g/mol. The van der Waals surface area contributed by atoms with Crippen molar-refractivity contribution < 1.29 is 4.79 Å². The largest absolute Gasteiger partial charge is 0.371 e. The van der Waals surface area contributed by atoms with Gasteiger partial charge in [0.15, 0.2) is 11.5 Å². The normalized spacial score (nSPS) is 11.2. The fourth-order valence-corrected chi connectivity index (χ4v) is 3.59. The number of aromatic nitrogens is 5. The van der Waals surface area contributed by atoms with E-state index in [0.29, 0.717) is 37.1 Å². The van der Waals surface area contributed by atoms with Gasteiger partial charge in [-0.1, -0.05) is 17.2 Å². The average Bonchev–Trinajstić information content (AvgIpc) is 3.29. The first kappa shape index (κ1) is 23.1. The Morgan fingerprint density at radius 2 is 2.09 bits per heavy atom. The zero-order chi connectivity index (χ0) is 23.5. The lowest BCUT2D eigenvalue weighted by Gasteiger charge is -2.27. The quantitative estimate of drug-likeness (QED) is 0.455. The topological polar surface area (TPSA) is 119 Å². The van der Waals surface area contributed by atoms with Crippen LogP contribution in [0.4, 0.5) is 11.8 Å². The highest BCUT2D eigenvalue weighted by Gasteiger charge is 2.26. The molecule has 0 unspecified atom stereocenters. The van der Waals surface area contributed by atoms with Gasteiger partial charge in [-0.2, -0.15) is 4.98 Å². The van der Waals surface area contributed by atoms with Crippen LogP contribution in [-0.2, 0) is 20.1 Å². The average molecular weight is 438 g/mol. The molecule has 10 heteroatoms. The number of nitrogens with two attached hydrogens (primary N) is 1. The highest BCUT2D eigenvalue weighted by molar-refractivity contribution is 5.98. The van der Waals surface area contributed by atoms with Gasteiger partial charge in [0.05, 0.1) is 12.1 Å².